The van der Waals surface area contributed by atoms with E-state index >= 15 is 0 Å². The molecule has 1 atom stereocenters. The third-order valence-electron chi connectivity index (χ3n) is 6.09. The van der Waals surface area contributed by atoms with Gasteiger partial charge in [0.1, 0.15) is 19.9 Å². The summed E-state index contributed by atoms with van der Waals surface area (Å²) in [6.07, 6.45) is -4.91. The molecule has 1 aromatic carbocycles. The summed E-state index contributed by atoms with van der Waals surface area (Å²) in [6.45, 7) is 18.1. The van der Waals surface area contributed by atoms with Crippen LogP contribution in [-0.4, -0.2) is 26.4 Å². The quantitative estimate of drug-likeness (QED) is 0.288. The van der Waals surface area contributed by atoms with Gasteiger partial charge >= 0.3 is 12.3 Å². The lowest BCUT2D eigenvalue weighted by molar-refractivity contribution is -0.274. The molecule has 0 aliphatic rings. The van der Waals surface area contributed by atoms with E-state index < -0.39 is 37.5 Å². The summed E-state index contributed by atoms with van der Waals surface area (Å²) in [4.78, 5) is 14.7. The number of hydrogen-bond acceptors (Lipinski definition) is 3. The third kappa shape index (κ3) is 6.93. The summed E-state index contributed by atoms with van der Waals surface area (Å²) < 4.78 is 41.9. The fourth-order valence-electron chi connectivity index (χ4n) is 4.52. The first kappa shape index (κ1) is 29.9. The van der Waals surface area contributed by atoms with Gasteiger partial charge in [0.15, 0.2) is 0 Å². The Kier molecular flexibility index (Phi) is 9.71. The third-order valence-corrected chi connectivity index (χ3v) is 12.7. The maximum atomic E-state index is 13.5. The predicted octanol–water partition coefficient (Wildman–Crippen LogP) is 7.73. The molecule has 0 fully saturated rings. The van der Waals surface area contributed by atoms with Crippen LogP contribution in [0.15, 0.2) is 18.2 Å². The molecule has 0 saturated carbocycles. The molecule has 1 amide bonds. The van der Waals surface area contributed by atoms with Crippen molar-refractivity contribution >= 4 is 31.3 Å². The highest BCUT2D eigenvalue weighted by molar-refractivity contribution is 6.90. The summed E-state index contributed by atoms with van der Waals surface area (Å²) in [7, 11) is -2.24. The van der Waals surface area contributed by atoms with Gasteiger partial charge in [0, 0.05) is 5.69 Å². The summed E-state index contributed by atoms with van der Waals surface area (Å²) in [5.74, 6) is 1.63. The molecule has 0 N–H and O–H groups in total. The molecule has 0 aromatic heterocycles. The number of nitrogens with zero attached hydrogens (tertiary/aromatic N) is 2. The van der Waals surface area contributed by atoms with Gasteiger partial charge in [-0.25, -0.2) is 0 Å². The molecule has 1 unspecified atom stereocenters. The van der Waals surface area contributed by atoms with Gasteiger partial charge in [-0.15, -0.1) is 18.7 Å². The Balaban J connectivity index is 3.67. The lowest BCUT2D eigenvalue weighted by Gasteiger charge is -2.38. The molecule has 9 heteroatoms. The van der Waals surface area contributed by atoms with E-state index in [9.17, 15) is 23.2 Å². The van der Waals surface area contributed by atoms with Crippen LogP contribution in [0.4, 0.5) is 18.9 Å². The summed E-state index contributed by atoms with van der Waals surface area (Å²) in [6, 6.07) is 4.72. The van der Waals surface area contributed by atoms with Crippen LogP contribution in [0.5, 0.6) is 5.75 Å². The molecule has 4 nitrogen and oxygen atoms in total. The molecule has 0 heterocycles. The van der Waals surface area contributed by atoms with Crippen LogP contribution in [0.2, 0.25) is 21.6 Å². The number of amides is 1. The minimum atomic E-state index is -4.91. The average molecular weight is 515 g/mol. The Morgan fingerprint density at radius 2 is 1.56 bits per heavy atom. The topological polar surface area (TPSA) is 53.3 Å². The van der Waals surface area contributed by atoms with E-state index in [0.29, 0.717) is 16.6 Å². The van der Waals surface area contributed by atoms with E-state index in [2.05, 4.69) is 63.8 Å². The first-order valence-corrected chi connectivity index (χ1v) is 13.8. The second-order valence-electron chi connectivity index (χ2n) is 10.4. The van der Waals surface area contributed by atoms with E-state index in [1.807, 2.05) is 0 Å². The Labute approximate surface area is 207 Å². The predicted molar refractivity (Wildman–Crippen MR) is 133 cm³/mol. The van der Waals surface area contributed by atoms with Crippen LogP contribution in [0.3, 0.4) is 0 Å². The Bertz CT molecular complexity index is 961. The molecular weight excluding hydrogens is 481 g/mol. The highest BCUT2D eigenvalue weighted by Gasteiger charge is 2.42. The van der Waals surface area contributed by atoms with Gasteiger partial charge in [-0.1, -0.05) is 73.9 Å². The minimum absolute atomic E-state index is 0.172. The molecule has 1 rings (SSSR count). The lowest BCUT2D eigenvalue weighted by atomic mass is 9.86. The van der Waals surface area contributed by atoms with Gasteiger partial charge < -0.3 is 4.74 Å². The van der Waals surface area contributed by atoms with Crippen molar-refractivity contribution in [3.8, 4) is 23.3 Å². The number of carbonyl (C=O) groups excluding carboxylic acids is 1. The molecule has 1 aromatic rings. The number of rotatable bonds is 6. The molecule has 34 heavy (non-hydrogen) atoms. The molecule has 0 aliphatic carbocycles. The second-order valence-corrected chi connectivity index (χ2v) is 16.4. The number of halogens is 4. The zero-order valence-electron chi connectivity index (χ0n) is 21.3. The number of hydrogen-bond donors (Lipinski definition) is 0. The first-order valence-electron chi connectivity index (χ1n) is 11.2. The fraction of sp³-hybridized carbons (Fsp3) is 0.600. The molecule has 0 saturated heterocycles. The molecular formula is C25H34ClF3N2O2Si. The summed E-state index contributed by atoms with van der Waals surface area (Å²) in [5.41, 5.74) is 3.74. The summed E-state index contributed by atoms with van der Waals surface area (Å²) in [5, 5.41) is 9.59. The Morgan fingerprint density at radius 1 is 1.06 bits per heavy atom. The van der Waals surface area contributed by atoms with Crippen LogP contribution in [0, 0.1) is 28.2 Å². The monoisotopic (exact) mass is 514 g/mol. The smallest absolute Gasteiger partial charge is 0.404 e. The molecule has 0 spiro atoms. The Morgan fingerprint density at radius 3 is 1.91 bits per heavy atom. The van der Waals surface area contributed by atoms with Crippen molar-refractivity contribution in [2.45, 2.75) is 91.3 Å². The van der Waals surface area contributed by atoms with Gasteiger partial charge in [0.2, 0.25) is 0 Å². The molecule has 0 bridgehead atoms. The van der Waals surface area contributed by atoms with E-state index in [1.165, 1.54) is 17.0 Å². The number of ether oxygens (including phenoxy) is 1. The van der Waals surface area contributed by atoms with Crippen molar-refractivity contribution in [1.82, 2.24) is 0 Å². The van der Waals surface area contributed by atoms with Crippen LogP contribution in [0.1, 0.15) is 62.3 Å². The maximum Gasteiger partial charge on any atom is 0.573 e. The van der Waals surface area contributed by atoms with E-state index in [-0.39, 0.29) is 10.7 Å². The Hall–Kier alpha value is -2.16. The fourth-order valence-corrected chi connectivity index (χ4v) is 9.93. The van der Waals surface area contributed by atoms with Crippen molar-refractivity contribution < 1.29 is 22.7 Å². The highest BCUT2D eigenvalue weighted by atomic mass is 35.5. The first-order chi connectivity index (χ1) is 15.4. The van der Waals surface area contributed by atoms with Crippen LogP contribution in [-0.2, 0) is 4.79 Å². The lowest BCUT2D eigenvalue weighted by Crippen LogP contribution is -2.47. The van der Waals surface area contributed by atoms with Gasteiger partial charge in [0.25, 0.3) is 0 Å². The average Bonchev–Trinajstić information content (AvgIpc) is 2.65. The van der Waals surface area contributed by atoms with Crippen LogP contribution in [0.25, 0.3) is 0 Å². The zero-order chi connectivity index (χ0) is 26.6. The summed E-state index contributed by atoms with van der Waals surface area (Å²) >= 11 is 6.05. The van der Waals surface area contributed by atoms with Gasteiger partial charge in [0.05, 0.1) is 11.1 Å². The van der Waals surface area contributed by atoms with E-state index in [1.54, 1.807) is 20.8 Å². The normalized spacial score (nSPS) is 13.4. The van der Waals surface area contributed by atoms with Gasteiger partial charge in [-0.2, -0.15) is 5.26 Å². The number of benzene rings is 1. The highest BCUT2D eigenvalue weighted by Crippen LogP contribution is 2.41. The standard InChI is InChI=1S/C25H34ClF3N2O2Si/c1-16(2)34(17(3)4,18(5)6)13-12-23(32)31(22(15-30)24(7,8)9)19-10-11-21(20(26)14-19)33-25(27,28)29/h10-11,14,16-18,22H,1-9H3. The number of carbonyl (C=O) groups is 1. The van der Waals surface area contributed by atoms with Crippen molar-refractivity contribution in [1.29, 1.82) is 5.26 Å². The van der Waals surface area contributed by atoms with Crippen molar-refractivity contribution in [2.24, 2.45) is 5.41 Å². The van der Waals surface area contributed by atoms with Crippen LogP contribution < -0.4 is 9.64 Å². The largest absolute Gasteiger partial charge is 0.573 e. The van der Waals surface area contributed by atoms with Crippen LogP contribution >= 0.6 is 11.6 Å². The molecule has 0 aliphatic heterocycles. The zero-order valence-corrected chi connectivity index (χ0v) is 23.0. The molecule has 0 radical (unpaired) electrons. The second kappa shape index (κ2) is 11.1. The van der Waals surface area contributed by atoms with Gasteiger partial charge in [-0.05, 0) is 46.2 Å². The molecule has 188 valence electrons. The van der Waals surface area contributed by atoms with Gasteiger partial charge in [-0.3, -0.25) is 9.69 Å². The maximum absolute atomic E-state index is 13.5. The number of anilines is 1. The van der Waals surface area contributed by atoms with E-state index in [4.69, 9.17) is 11.6 Å². The SMILES string of the molecule is CC(C)[Si](C#CC(=O)N(c1ccc(OC(F)(F)F)c(Cl)c1)C(C#N)C(C)(C)C)(C(C)C)C(C)C. The van der Waals surface area contributed by atoms with Crippen molar-refractivity contribution in [3.05, 3.63) is 23.2 Å². The van der Waals surface area contributed by atoms with Crippen molar-refractivity contribution in [3.63, 3.8) is 0 Å². The minimum Gasteiger partial charge on any atom is -0.404 e. The van der Waals surface area contributed by atoms with E-state index in [0.717, 1.165) is 6.07 Å². The number of alkyl halides is 3. The number of nitriles is 1. The van der Waals surface area contributed by atoms with Crippen molar-refractivity contribution in [2.75, 3.05) is 4.90 Å².